The Balaban J connectivity index is 1.15. The number of carbonyl (C=O) groups excluding carboxylic acids is 1. The summed E-state index contributed by atoms with van der Waals surface area (Å²) in [6.45, 7) is 0.228. The number of nitrogens with one attached hydrogen (secondary N) is 1. The molecule has 3 aliphatic rings. The van der Waals surface area contributed by atoms with E-state index in [0.29, 0.717) is 62.7 Å². The van der Waals surface area contributed by atoms with Gasteiger partial charge in [0.15, 0.2) is 0 Å². The Morgan fingerprint density at radius 3 is 2.50 bits per heavy atom. The molecule has 6 nitrogen and oxygen atoms in total. The van der Waals surface area contributed by atoms with Crippen molar-refractivity contribution in [3.63, 3.8) is 0 Å². The topological polar surface area (TPSA) is 84.6 Å². The van der Waals surface area contributed by atoms with Crippen LogP contribution in [0.5, 0.6) is 5.75 Å². The van der Waals surface area contributed by atoms with Crippen molar-refractivity contribution < 1.29 is 19.2 Å². The number of aromatic nitrogens is 1. The van der Waals surface area contributed by atoms with Crippen LogP contribution in [-0.4, -0.2) is 22.7 Å². The zero-order valence-electron chi connectivity index (χ0n) is 20.8. The van der Waals surface area contributed by atoms with E-state index in [-0.39, 0.29) is 12.6 Å². The van der Waals surface area contributed by atoms with E-state index in [9.17, 15) is 9.90 Å². The Hall–Kier alpha value is -2.25. The van der Waals surface area contributed by atoms with Crippen LogP contribution in [0, 0.1) is 11.8 Å². The molecule has 3 fully saturated rings. The first kappa shape index (κ1) is 26.0. The lowest BCUT2D eigenvalue weighted by Gasteiger charge is -2.47. The first-order valence-corrected chi connectivity index (χ1v) is 14.3. The normalized spacial score (nSPS) is 26.7. The summed E-state index contributed by atoms with van der Waals surface area (Å²) in [5.74, 6) is 2.70. The third-order valence-corrected chi connectivity index (χ3v) is 9.38. The second-order valence-electron chi connectivity index (χ2n) is 10.9. The highest BCUT2D eigenvalue weighted by atomic mass is 35.5. The fourth-order valence-corrected chi connectivity index (χ4v) is 7.14. The van der Waals surface area contributed by atoms with Crippen LogP contribution in [0.4, 0.5) is 0 Å². The maximum atomic E-state index is 11.3. The van der Waals surface area contributed by atoms with Gasteiger partial charge < -0.3 is 19.7 Å². The average Bonchev–Trinajstić information content (AvgIpc) is 3.47. The van der Waals surface area contributed by atoms with Crippen LogP contribution in [-0.2, 0) is 17.0 Å². The van der Waals surface area contributed by atoms with Crippen LogP contribution in [0.2, 0.25) is 15.1 Å². The monoisotopic (exact) mass is 574 g/mol. The maximum absolute atomic E-state index is 11.3. The molecule has 2 N–H and O–H groups in total. The van der Waals surface area contributed by atoms with Crippen LogP contribution >= 0.6 is 34.8 Å². The SMILES string of the molecule is O=CNC1CCC(C2CC(O)(c3ccc(OCc4c(-c5c(Cl)cccc5Cl)noc4C4CC4)cc3Cl)C2)C1. The number of carbonyl (C=O) groups is 1. The van der Waals surface area contributed by atoms with E-state index in [0.717, 1.165) is 55.4 Å². The van der Waals surface area contributed by atoms with E-state index in [4.69, 9.17) is 44.1 Å². The smallest absolute Gasteiger partial charge is 0.207 e. The Bertz CT molecular complexity index is 1330. The lowest BCUT2D eigenvalue weighted by Crippen LogP contribution is -2.44. The van der Waals surface area contributed by atoms with Crippen LogP contribution < -0.4 is 10.1 Å². The van der Waals surface area contributed by atoms with Crippen LogP contribution in [0.3, 0.4) is 0 Å². The van der Waals surface area contributed by atoms with Crippen LogP contribution in [0.15, 0.2) is 40.9 Å². The number of hydrogen-bond acceptors (Lipinski definition) is 5. The Morgan fingerprint density at radius 2 is 1.82 bits per heavy atom. The molecule has 1 heterocycles. The molecule has 1 amide bonds. The van der Waals surface area contributed by atoms with Gasteiger partial charge in [-0.15, -0.1) is 0 Å². The summed E-state index contributed by atoms with van der Waals surface area (Å²) in [6, 6.07) is 11.1. The lowest BCUT2D eigenvalue weighted by molar-refractivity contribution is -0.110. The highest BCUT2D eigenvalue weighted by Crippen LogP contribution is 2.54. The molecular weight excluding hydrogens is 547 g/mol. The second-order valence-corrected chi connectivity index (χ2v) is 12.2. The van der Waals surface area contributed by atoms with Crippen molar-refractivity contribution in [2.24, 2.45) is 11.8 Å². The van der Waals surface area contributed by atoms with Gasteiger partial charge in [-0.2, -0.15) is 0 Å². The van der Waals surface area contributed by atoms with Gasteiger partial charge in [0, 0.05) is 23.1 Å². The number of halogens is 3. The molecule has 2 unspecified atom stereocenters. The highest BCUT2D eigenvalue weighted by Gasteiger charge is 2.49. The van der Waals surface area contributed by atoms with E-state index in [2.05, 4.69) is 10.5 Å². The zero-order chi connectivity index (χ0) is 26.4. The van der Waals surface area contributed by atoms with E-state index in [1.54, 1.807) is 24.3 Å². The predicted octanol–water partition coefficient (Wildman–Crippen LogP) is 7.27. The zero-order valence-corrected chi connectivity index (χ0v) is 23.0. The van der Waals surface area contributed by atoms with Crippen molar-refractivity contribution in [1.29, 1.82) is 0 Å². The molecule has 0 aliphatic heterocycles. The summed E-state index contributed by atoms with van der Waals surface area (Å²) in [4.78, 5) is 10.8. The lowest BCUT2D eigenvalue weighted by atomic mass is 9.62. The third kappa shape index (κ3) is 4.92. The van der Waals surface area contributed by atoms with Gasteiger partial charge in [0.05, 0.1) is 26.2 Å². The number of benzene rings is 2. The van der Waals surface area contributed by atoms with Crippen molar-refractivity contribution in [3.05, 3.63) is 68.4 Å². The fourth-order valence-electron chi connectivity index (χ4n) is 6.22. The number of aliphatic hydroxyl groups is 1. The molecule has 6 rings (SSSR count). The van der Waals surface area contributed by atoms with Gasteiger partial charge in [-0.05, 0) is 81.0 Å². The van der Waals surface area contributed by atoms with Crippen LogP contribution in [0.25, 0.3) is 11.3 Å². The summed E-state index contributed by atoms with van der Waals surface area (Å²) in [5, 5.41) is 20.0. The molecule has 0 radical (unpaired) electrons. The van der Waals surface area contributed by atoms with Gasteiger partial charge in [-0.25, -0.2) is 0 Å². The standard InChI is InChI=1S/C29H29Cl3N2O4/c30-23-2-1-3-24(31)26(23)27-21(28(38-34-27)16-4-5-16)14-37-20-8-9-22(25(32)11-20)29(36)12-18(13-29)17-6-7-19(10-17)33-15-35/h1-3,8-9,11,15-19,36H,4-7,10,12-14H2,(H,33,35). The molecule has 200 valence electrons. The van der Waals surface area contributed by atoms with E-state index in [1.807, 2.05) is 12.1 Å². The molecule has 0 bridgehead atoms. The molecule has 3 aliphatic carbocycles. The number of rotatable bonds is 9. The summed E-state index contributed by atoms with van der Waals surface area (Å²) < 4.78 is 11.9. The molecule has 2 atom stereocenters. The number of amides is 1. The van der Waals surface area contributed by atoms with E-state index < -0.39 is 5.60 Å². The molecule has 3 saturated carbocycles. The molecule has 3 aromatic rings. The minimum Gasteiger partial charge on any atom is -0.489 e. The molecule has 0 spiro atoms. The molecule has 38 heavy (non-hydrogen) atoms. The van der Waals surface area contributed by atoms with Gasteiger partial charge in [-0.1, -0.05) is 52.1 Å². The van der Waals surface area contributed by atoms with Crippen molar-refractivity contribution in [1.82, 2.24) is 10.5 Å². The van der Waals surface area contributed by atoms with Gasteiger partial charge in [0.1, 0.15) is 23.8 Å². The Morgan fingerprint density at radius 1 is 1.05 bits per heavy atom. The summed E-state index contributed by atoms with van der Waals surface area (Å²) >= 11 is 19.6. The first-order valence-electron chi connectivity index (χ1n) is 13.1. The third-order valence-electron chi connectivity index (χ3n) is 8.43. The van der Waals surface area contributed by atoms with Gasteiger partial charge >= 0.3 is 0 Å². The molecule has 9 heteroatoms. The molecular formula is C29H29Cl3N2O4. The fraction of sp³-hybridized carbons (Fsp3) is 0.448. The molecule has 2 aromatic carbocycles. The minimum atomic E-state index is -0.932. The summed E-state index contributed by atoms with van der Waals surface area (Å²) in [7, 11) is 0. The van der Waals surface area contributed by atoms with E-state index in [1.165, 1.54) is 0 Å². The molecule has 0 saturated heterocycles. The van der Waals surface area contributed by atoms with Crippen LogP contribution in [0.1, 0.15) is 67.8 Å². The largest absolute Gasteiger partial charge is 0.489 e. The predicted molar refractivity (Wildman–Crippen MR) is 147 cm³/mol. The van der Waals surface area contributed by atoms with Gasteiger partial charge in [0.2, 0.25) is 6.41 Å². The van der Waals surface area contributed by atoms with Crippen molar-refractivity contribution in [3.8, 4) is 17.0 Å². The van der Waals surface area contributed by atoms with Crippen molar-refractivity contribution in [2.45, 2.75) is 69.1 Å². The maximum Gasteiger partial charge on any atom is 0.207 e. The average molecular weight is 576 g/mol. The van der Waals surface area contributed by atoms with Gasteiger partial charge in [0.25, 0.3) is 0 Å². The van der Waals surface area contributed by atoms with Crippen molar-refractivity contribution in [2.75, 3.05) is 0 Å². The number of hydrogen-bond donors (Lipinski definition) is 2. The quantitative estimate of drug-likeness (QED) is 0.262. The van der Waals surface area contributed by atoms with E-state index >= 15 is 0 Å². The van der Waals surface area contributed by atoms with Crippen molar-refractivity contribution >= 4 is 41.2 Å². The number of nitrogens with zero attached hydrogens (tertiary/aromatic N) is 1. The first-order chi connectivity index (χ1) is 18.4. The summed E-state index contributed by atoms with van der Waals surface area (Å²) in [5.41, 5.74) is 1.86. The Kier molecular flexibility index (Phi) is 7.10. The molecule has 1 aromatic heterocycles. The Labute approximate surface area is 236 Å². The minimum absolute atomic E-state index is 0.228. The number of ether oxygens (including phenoxy) is 1. The second kappa shape index (κ2) is 10.4. The highest BCUT2D eigenvalue weighted by molar-refractivity contribution is 6.39. The summed E-state index contributed by atoms with van der Waals surface area (Å²) in [6.07, 6.45) is 7.31. The van der Waals surface area contributed by atoms with Gasteiger partial charge in [-0.3, -0.25) is 4.79 Å².